The van der Waals surface area contributed by atoms with Gasteiger partial charge in [0.25, 0.3) is 0 Å². The monoisotopic (exact) mass is 1170 g/mol. The number of halogens is 3. The molecule has 3 saturated carbocycles. The van der Waals surface area contributed by atoms with Crippen LogP contribution in [0.4, 0.5) is 8.78 Å². The molecule has 0 radical (unpaired) electrons. The summed E-state index contributed by atoms with van der Waals surface area (Å²) in [6.07, 6.45) is -2.40. The number of nitrogens with one attached hydrogen (secondary N) is 5. The molecule has 20 nitrogen and oxygen atoms in total. The fourth-order valence-electron chi connectivity index (χ4n) is 11.8. The van der Waals surface area contributed by atoms with Gasteiger partial charge >= 0.3 is 7.82 Å². The van der Waals surface area contributed by atoms with Crippen LogP contribution in [-0.2, 0) is 76.3 Å². The molecule has 11 atom stereocenters. The molecule has 77 heavy (non-hydrogen) atoms. The molecule has 4 aliphatic carbocycles. The Morgan fingerprint density at radius 2 is 1.57 bits per heavy atom. The van der Waals surface area contributed by atoms with Crippen LogP contribution < -0.4 is 26.6 Å². The lowest BCUT2D eigenvalue weighted by molar-refractivity contribution is -0.235. The van der Waals surface area contributed by atoms with Gasteiger partial charge in [-0.2, -0.15) is 0 Å². The predicted molar refractivity (Wildman–Crippen MR) is 275 cm³/mol. The molecule has 8 N–H and O–H groups in total. The van der Waals surface area contributed by atoms with Crippen molar-refractivity contribution in [3.05, 3.63) is 117 Å². The zero-order valence-corrected chi connectivity index (χ0v) is 45.1. The molecule has 5 aliphatic rings. The molecule has 1 aliphatic heterocycles. The molecule has 1 aromatic heterocycles. The van der Waals surface area contributed by atoms with Gasteiger partial charge in [0.2, 0.25) is 29.5 Å². The average Bonchev–Trinajstić information content (AvgIpc) is 4.30. The van der Waals surface area contributed by atoms with Gasteiger partial charge in [0.15, 0.2) is 29.1 Å². The first kappa shape index (κ1) is 57.8. The normalized spacial score (nSPS) is 29.4. The number of carbonyl (C=O) groups is 7. The summed E-state index contributed by atoms with van der Waals surface area (Å²) >= 11 is 4.36. The van der Waals surface area contributed by atoms with Crippen LogP contribution in [0.5, 0.6) is 0 Å². The molecule has 0 spiro atoms. The molecule has 1 saturated heterocycles. The predicted octanol–water partition coefficient (Wildman–Crippen LogP) is 3.16. The number of ether oxygens (including phenoxy) is 3. The maximum absolute atomic E-state index is 17.9. The molecule has 5 amide bonds. The molecule has 8 rings (SSSR count). The van der Waals surface area contributed by atoms with E-state index in [4.69, 9.17) is 18.7 Å². The number of allylic oxidation sites excluding steroid dienone is 4. The Bertz CT molecular complexity index is 2880. The quantitative estimate of drug-likeness (QED) is 0.0310. The summed E-state index contributed by atoms with van der Waals surface area (Å²) in [5, 5.41) is 26.1. The molecule has 0 unspecified atom stereocenters. The average molecular weight is 1180 g/mol. The number of amides is 5. The highest BCUT2D eigenvalue weighted by Crippen LogP contribution is 2.73. The standard InChI is InChI=1S/C52H59BrF2N5O15PS/c1-49-13-12-33(61)17-37(49)38(54)18-36-35-19-42-52(41(63)26-73-76(69,70)71,50(35,2)20-40(62)51(36,49)55)75-48(74-42)32-16-34(77-27-32)14-30-8-10-31(11-9-30)25-72-28-59-45(66)23-58-47(68)39(15-29-6-4-3-5-7-29)60-46(67)24-57-44(65)22-56-43(64)21-53/h3-13,16-17,27,35-36,38-40,42,48,62H,14-15,18-26,28H2,1-2H3,(H,56,64)(H,57,65)(H,58,68)(H,59,66)(H,60,67)(H2,69,70,71)/t35-,36-,38-,39-,40-,42+,48+,49-,50-,51-,52+/m0/s1. The van der Waals surface area contributed by atoms with E-state index in [-0.39, 0.29) is 50.0 Å². The van der Waals surface area contributed by atoms with Gasteiger partial charge in [0, 0.05) is 40.0 Å². The number of aliphatic hydroxyl groups excluding tert-OH is 1. The largest absolute Gasteiger partial charge is 0.470 e. The maximum atomic E-state index is 17.9. The minimum Gasteiger partial charge on any atom is -0.390 e. The number of ketones is 2. The smallest absolute Gasteiger partial charge is 0.390 e. The lowest BCUT2D eigenvalue weighted by Gasteiger charge is -2.63. The van der Waals surface area contributed by atoms with E-state index in [1.54, 1.807) is 42.6 Å². The van der Waals surface area contributed by atoms with E-state index < -0.39 is 140 Å². The number of rotatable bonds is 22. The summed E-state index contributed by atoms with van der Waals surface area (Å²) in [5.41, 5.74) is -4.64. The third-order valence-corrected chi connectivity index (χ3v) is 17.4. The second-order valence-electron chi connectivity index (χ2n) is 20.2. The SMILES string of the molecule is C[C@]12C=CC(=O)C=C1[C@@H](F)C[C@H]1[C@@H]3C[C@H]4O[C@@H](c5csc(Cc6ccc(COCNC(=O)CNC(=O)[C@H](Cc7ccccc7)NC(=O)CNC(=O)CNC(=O)CBr)cc6)c5)O[C@@]4(C(=O)COP(=O)(O)O)[C@@]3(C)C[C@H](O)[C@@]12F. The highest BCUT2D eigenvalue weighted by atomic mass is 79.9. The van der Waals surface area contributed by atoms with Crippen LogP contribution in [0.3, 0.4) is 0 Å². The van der Waals surface area contributed by atoms with Crippen LogP contribution in [0, 0.1) is 22.7 Å². The van der Waals surface area contributed by atoms with Gasteiger partial charge in [-0.25, -0.2) is 13.3 Å². The lowest BCUT2D eigenvalue weighted by Crippen LogP contribution is -2.70. The summed E-state index contributed by atoms with van der Waals surface area (Å²) in [6, 6.07) is 17.1. The van der Waals surface area contributed by atoms with Crippen molar-refractivity contribution in [1.29, 1.82) is 0 Å². The van der Waals surface area contributed by atoms with Crippen molar-refractivity contribution in [2.45, 2.75) is 94.5 Å². The summed E-state index contributed by atoms with van der Waals surface area (Å²) in [4.78, 5) is 109. The summed E-state index contributed by atoms with van der Waals surface area (Å²) in [5.74, 6) is -6.24. The van der Waals surface area contributed by atoms with E-state index in [9.17, 15) is 53.0 Å². The molecular formula is C52H59BrF2N5O15PS. The zero-order valence-electron chi connectivity index (χ0n) is 41.8. The Hall–Kier alpha value is -5.40. The number of aliphatic hydroxyl groups is 1. The zero-order chi connectivity index (χ0) is 55.5. The van der Waals surface area contributed by atoms with Gasteiger partial charge in [-0.05, 0) is 78.0 Å². The van der Waals surface area contributed by atoms with Crippen molar-refractivity contribution < 1.29 is 80.5 Å². The first-order valence-corrected chi connectivity index (χ1v) is 28.3. The van der Waals surface area contributed by atoms with Gasteiger partial charge in [-0.15, -0.1) is 11.3 Å². The Balaban J connectivity index is 0.836. The molecule has 2 aromatic carbocycles. The summed E-state index contributed by atoms with van der Waals surface area (Å²) in [6.45, 7) is 0.748. The number of hydrogen-bond acceptors (Lipinski definition) is 14. The van der Waals surface area contributed by atoms with Gasteiger partial charge in [-0.3, -0.25) is 38.1 Å². The summed E-state index contributed by atoms with van der Waals surface area (Å²) < 4.78 is 69.4. The highest BCUT2D eigenvalue weighted by molar-refractivity contribution is 9.09. The molecule has 25 heteroatoms. The van der Waals surface area contributed by atoms with E-state index >= 15 is 8.78 Å². The third-order valence-electron chi connectivity index (χ3n) is 15.5. The number of phosphoric ester groups is 1. The number of hydrogen-bond donors (Lipinski definition) is 8. The number of alkyl halides is 3. The van der Waals surface area contributed by atoms with Crippen LogP contribution in [0.1, 0.15) is 66.5 Å². The van der Waals surface area contributed by atoms with Crippen molar-refractivity contribution in [2.24, 2.45) is 22.7 Å². The highest BCUT2D eigenvalue weighted by Gasteiger charge is 2.80. The second kappa shape index (κ2) is 23.5. The van der Waals surface area contributed by atoms with Crippen molar-refractivity contribution in [3.8, 4) is 0 Å². The van der Waals surface area contributed by atoms with Gasteiger partial charge in [0.1, 0.15) is 25.6 Å². The first-order valence-electron chi connectivity index (χ1n) is 24.7. The second-order valence-corrected chi connectivity index (χ2v) is 23.0. The number of carbonyl (C=O) groups excluding carboxylic acids is 7. The molecule has 0 bridgehead atoms. The van der Waals surface area contributed by atoms with E-state index in [0.29, 0.717) is 12.0 Å². The van der Waals surface area contributed by atoms with Crippen LogP contribution >= 0.6 is 35.1 Å². The van der Waals surface area contributed by atoms with E-state index in [0.717, 1.165) is 27.6 Å². The van der Waals surface area contributed by atoms with Crippen LogP contribution in [0.2, 0.25) is 0 Å². The maximum Gasteiger partial charge on any atom is 0.470 e. The first-order chi connectivity index (χ1) is 36.5. The number of thiophene rings is 1. The fourth-order valence-corrected chi connectivity index (χ4v) is 13.2. The fraction of sp³-hybridized carbons (Fsp3) is 0.481. The molecule has 4 fully saturated rings. The number of fused-ring (bicyclic) bond motifs is 7. The minimum absolute atomic E-state index is 0.00543. The van der Waals surface area contributed by atoms with E-state index in [1.165, 1.54) is 30.4 Å². The molecular weight excluding hydrogens is 1120 g/mol. The third kappa shape index (κ3) is 12.1. The number of benzene rings is 2. The molecule has 3 aromatic rings. The number of phosphoric acid groups is 1. The van der Waals surface area contributed by atoms with Crippen LogP contribution in [0.25, 0.3) is 0 Å². The molecule has 414 valence electrons. The molecule has 2 heterocycles. The van der Waals surface area contributed by atoms with Gasteiger partial charge in [-0.1, -0.05) is 83.5 Å². The van der Waals surface area contributed by atoms with E-state index in [2.05, 4.69) is 42.5 Å². The van der Waals surface area contributed by atoms with Crippen molar-refractivity contribution in [1.82, 2.24) is 26.6 Å². The Morgan fingerprint density at radius 1 is 0.896 bits per heavy atom. The Morgan fingerprint density at radius 3 is 2.29 bits per heavy atom. The van der Waals surface area contributed by atoms with Gasteiger partial charge in [0.05, 0.1) is 43.8 Å². The summed E-state index contributed by atoms with van der Waals surface area (Å²) in [7, 11) is -5.16. The van der Waals surface area contributed by atoms with Crippen molar-refractivity contribution >= 4 is 76.2 Å². The minimum atomic E-state index is -5.16. The van der Waals surface area contributed by atoms with Crippen molar-refractivity contribution in [3.63, 3.8) is 0 Å². The Kier molecular flexibility index (Phi) is 17.6. The number of Topliss-reactive ketones (excluding diaryl/α,β-unsaturated/α-hetero) is 1. The van der Waals surface area contributed by atoms with Crippen LogP contribution in [0.15, 0.2) is 89.8 Å². The lowest BCUT2D eigenvalue weighted by atomic mass is 9.44. The van der Waals surface area contributed by atoms with Crippen LogP contribution in [-0.4, -0.2) is 130 Å². The van der Waals surface area contributed by atoms with Gasteiger partial charge < -0.3 is 55.7 Å². The van der Waals surface area contributed by atoms with Crippen molar-refractivity contribution in [2.75, 3.05) is 38.3 Å². The topological polar surface area (TPSA) is 294 Å². The Labute approximate surface area is 453 Å². The van der Waals surface area contributed by atoms with E-state index in [1.807, 2.05) is 30.3 Å².